The van der Waals surface area contributed by atoms with E-state index in [1.54, 1.807) is 30.3 Å². The van der Waals surface area contributed by atoms with Gasteiger partial charge in [-0.05, 0) is 30.3 Å². The van der Waals surface area contributed by atoms with Gasteiger partial charge in [-0.15, -0.1) is 0 Å². The molecule has 3 aromatic rings. The number of amides is 1. The van der Waals surface area contributed by atoms with Gasteiger partial charge in [-0.25, -0.2) is 14.8 Å². The fraction of sp³-hybridized carbons (Fsp3) is 0.0588. The number of fused-ring (bicyclic) bond motifs is 1. The predicted octanol–water partition coefficient (Wildman–Crippen LogP) is 2.67. The molecule has 0 bridgehead atoms. The van der Waals surface area contributed by atoms with Gasteiger partial charge in [-0.3, -0.25) is 4.79 Å². The van der Waals surface area contributed by atoms with Crippen LogP contribution in [0.2, 0.25) is 0 Å². The summed E-state index contributed by atoms with van der Waals surface area (Å²) in [5.74, 6) is -0.765. The number of para-hydroxylation sites is 1. The molecule has 1 aromatic heterocycles. The average Bonchev–Trinajstić information content (AvgIpc) is 2.61. The molecule has 1 heterocycles. The molecule has 0 atom stereocenters. The molecule has 0 saturated heterocycles. The highest BCUT2D eigenvalue weighted by molar-refractivity contribution is 6.10. The molecular weight excluding hydrogens is 294 g/mol. The van der Waals surface area contributed by atoms with Crippen LogP contribution in [-0.4, -0.2) is 29.0 Å². The number of anilines is 1. The van der Waals surface area contributed by atoms with Crippen molar-refractivity contribution in [2.75, 3.05) is 12.4 Å². The first-order chi connectivity index (χ1) is 11.2. The third kappa shape index (κ3) is 3.01. The second-order valence-electron chi connectivity index (χ2n) is 4.76. The van der Waals surface area contributed by atoms with Gasteiger partial charge in [0.1, 0.15) is 12.0 Å². The van der Waals surface area contributed by atoms with Crippen molar-refractivity contribution >= 4 is 28.5 Å². The maximum absolute atomic E-state index is 12.4. The van der Waals surface area contributed by atoms with Crippen LogP contribution in [0, 0.1) is 0 Å². The van der Waals surface area contributed by atoms with Crippen molar-refractivity contribution in [3.8, 4) is 0 Å². The fourth-order valence-corrected chi connectivity index (χ4v) is 2.18. The van der Waals surface area contributed by atoms with Crippen LogP contribution in [0.15, 0.2) is 54.9 Å². The molecule has 6 heteroatoms. The van der Waals surface area contributed by atoms with Crippen LogP contribution in [0.1, 0.15) is 20.8 Å². The summed E-state index contributed by atoms with van der Waals surface area (Å²) in [4.78, 5) is 32.0. The Morgan fingerprint density at radius 2 is 1.74 bits per heavy atom. The maximum Gasteiger partial charge on any atom is 0.337 e. The van der Waals surface area contributed by atoms with Crippen molar-refractivity contribution < 1.29 is 14.3 Å². The molecule has 0 spiro atoms. The van der Waals surface area contributed by atoms with Crippen LogP contribution in [0.3, 0.4) is 0 Å². The molecule has 0 aliphatic heterocycles. The number of aromatic nitrogens is 2. The zero-order valence-corrected chi connectivity index (χ0v) is 12.3. The lowest BCUT2D eigenvalue weighted by Gasteiger charge is -2.07. The Morgan fingerprint density at radius 1 is 1.00 bits per heavy atom. The van der Waals surface area contributed by atoms with Gasteiger partial charge in [-0.1, -0.05) is 18.2 Å². The van der Waals surface area contributed by atoms with Gasteiger partial charge in [0.25, 0.3) is 5.91 Å². The van der Waals surface area contributed by atoms with Crippen LogP contribution in [0.4, 0.5) is 5.69 Å². The molecule has 2 aromatic carbocycles. The number of nitrogens with one attached hydrogen (secondary N) is 1. The first-order valence-electron chi connectivity index (χ1n) is 6.88. The summed E-state index contributed by atoms with van der Waals surface area (Å²) in [6, 6.07) is 13.7. The minimum atomic E-state index is -0.426. The molecular formula is C17H13N3O3. The Labute approximate surface area is 132 Å². The third-order valence-electron chi connectivity index (χ3n) is 3.32. The molecule has 0 aliphatic carbocycles. The molecule has 114 valence electrons. The molecule has 1 N–H and O–H groups in total. The lowest BCUT2D eigenvalue weighted by Crippen LogP contribution is -2.14. The first kappa shape index (κ1) is 14.6. The van der Waals surface area contributed by atoms with Crippen LogP contribution < -0.4 is 5.32 Å². The van der Waals surface area contributed by atoms with Crippen LogP contribution in [-0.2, 0) is 4.74 Å². The lowest BCUT2D eigenvalue weighted by atomic mass is 10.1. The number of benzene rings is 2. The molecule has 0 unspecified atom stereocenters. The normalized spacial score (nSPS) is 10.3. The Balaban J connectivity index is 1.85. The van der Waals surface area contributed by atoms with E-state index in [9.17, 15) is 9.59 Å². The molecule has 0 aliphatic rings. The second kappa shape index (κ2) is 6.23. The maximum atomic E-state index is 12.4. The topological polar surface area (TPSA) is 81.2 Å². The Bertz CT molecular complexity index is 870. The molecule has 1 amide bonds. The minimum absolute atomic E-state index is 0.299. The summed E-state index contributed by atoms with van der Waals surface area (Å²) in [6.07, 6.45) is 1.36. The highest BCUT2D eigenvalue weighted by Crippen LogP contribution is 2.16. The minimum Gasteiger partial charge on any atom is -0.465 e. The van der Waals surface area contributed by atoms with Crippen molar-refractivity contribution in [2.24, 2.45) is 0 Å². The number of carbonyl (C=O) groups excluding carboxylic acids is 2. The molecule has 23 heavy (non-hydrogen) atoms. The van der Waals surface area contributed by atoms with Gasteiger partial charge < -0.3 is 10.1 Å². The van der Waals surface area contributed by atoms with E-state index in [1.165, 1.54) is 13.4 Å². The quantitative estimate of drug-likeness (QED) is 0.752. The van der Waals surface area contributed by atoms with E-state index in [4.69, 9.17) is 0 Å². The average molecular weight is 307 g/mol. The van der Waals surface area contributed by atoms with Gasteiger partial charge in [-0.2, -0.15) is 0 Å². The van der Waals surface area contributed by atoms with Crippen LogP contribution in [0.5, 0.6) is 0 Å². The zero-order valence-electron chi connectivity index (χ0n) is 12.3. The van der Waals surface area contributed by atoms with E-state index in [1.807, 2.05) is 18.2 Å². The van der Waals surface area contributed by atoms with Crippen LogP contribution >= 0.6 is 0 Å². The van der Waals surface area contributed by atoms with E-state index in [0.717, 1.165) is 0 Å². The molecule has 0 fully saturated rings. The molecule has 0 radical (unpaired) electrons. The monoisotopic (exact) mass is 307 g/mol. The van der Waals surface area contributed by atoms with Crippen molar-refractivity contribution in [3.05, 3.63) is 66.1 Å². The zero-order chi connectivity index (χ0) is 16.2. The van der Waals surface area contributed by atoms with E-state index in [-0.39, 0.29) is 5.91 Å². The Kier molecular flexibility index (Phi) is 3.97. The Hall–Kier alpha value is -3.28. The second-order valence-corrected chi connectivity index (χ2v) is 4.76. The van der Waals surface area contributed by atoms with Gasteiger partial charge in [0.15, 0.2) is 0 Å². The van der Waals surface area contributed by atoms with Crippen molar-refractivity contribution in [2.45, 2.75) is 0 Å². The van der Waals surface area contributed by atoms with E-state index in [2.05, 4.69) is 20.0 Å². The van der Waals surface area contributed by atoms with Crippen LogP contribution in [0.25, 0.3) is 10.9 Å². The summed E-state index contributed by atoms with van der Waals surface area (Å²) >= 11 is 0. The summed E-state index contributed by atoms with van der Waals surface area (Å²) in [7, 11) is 1.32. The van der Waals surface area contributed by atoms with E-state index >= 15 is 0 Å². The predicted molar refractivity (Wildman–Crippen MR) is 85.3 cm³/mol. The number of esters is 1. The summed E-state index contributed by atoms with van der Waals surface area (Å²) < 4.78 is 4.63. The SMILES string of the molecule is COC(=O)c1ccc(NC(=O)c2ncnc3ccccc23)cc1. The number of carbonyl (C=O) groups is 2. The van der Waals surface area contributed by atoms with Crippen molar-refractivity contribution in [1.29, 1.82) is 0 Å². The number of hydrogen-bond donors (Lipinski definition) is 1. The van der Waals surface area contributed by atoms with Gasteiger partial charge in [0, 0.05) is 11.1 Å². The highest BCUT2D eigenvalue weighted by Gasteiger charge is 2.13. The van der Waals surface area contributed by atoms with E-state index < -0.39 is 5.97 Å². The molecule has 0 saturated carbocycles. The summed E-state index contributed by atoms with van der Waals surface area (Å²) in [5.41, 5.74) is 1.98. The van der Waals surface area contributed by atoms with Gasteiger partial charge >= 0.3 is 5.97 Å². The largest absolute Gasteiger partial charge is 0.465 e. The number of rotatable bonds is 3. The number of ether oxygens (including phenoxy) is 1. The number of methoxy groups -OCH3 is 1. The Morgan fingerprint density at radius 3 is 2.48 bits per heavy atom. The van der Waals surface area contributed by atoms with Gasteiger partial charge in [0.05, 0.1) is 18.2 Å². The molecule has 6 nitrogen and oxygen atoms in total. The summed E-state index contributed by atoms with van der Waals surface area (Å²) in [6.45, 7) is 0. The number of hydrogen-bond acceptors (Lipinski definition) is 5. The van der Waals surface area contributed by atoms with E-state index in [0.29, 0.717) is 27.8 Å². The summed E-state index contributed by atoms with van der Waals surface area (Å²) in [5, 5.41) is 3.43. The third-order valence-corrected chi connectivity index (χ3v) is 3.32. The highest BCUT2D eigenvalue weighted by atomic mass is 16.5. The fourth-order valence-electron chi connectivity index (χ4n) is 2.18. The lowest BCUT2D eigenvalue weighted by molar-refractivity contribution is 0.0600. The van der Waals surface area contributed by atoms with Gasteiger partial charge in [0.2, 0.25) is 0 Å². The standard InChI is InChI=1S/C17H13N3O3/c1-23-17(22)11-6-8-12(9-7-11)20-16(21)15-13-4-2-3-5-14(13)18-10-19-15/h2-10H,1H3,(H,20,21). The van der Waals surface area contributed by atoms with Crippen molar-refractivity contribution in [1.82, 2.24) is 9.97 Å². The smallest absolute Gasteiger partial charge is 0.337 e. The number of nitrogens with zero attached hydrogens (tertiary/aromatic N) is 2. The van der Waals surface area contributed by atoms with Crippen molar-refractivity contribution in [3.63, 3.8) is 0 Å². The molecule has 3 rings (SSSR count). The first-order valence-corrected chi connectivity index (χ1v) is 6.88.